The summed E-state index contributed by atoms with van der Waals surface area (Å²) in [5.41, 5.74) is 1.08. The summed E-state index contributed by atoms with van der Waals surface area (Å²) >= 11 is 5.86. The van der Waals surface area contributed by atoms with Crippen LogP contribution in [0.15, 0.2) is 23.4 Å². The summed E-state index contributed by atoms with van der Waals surface area (Å²) in [6, 6.07) is 0.439. The van der Waals surface area contributed by atoms with Crippen molar-refractivity contribution in [2.24, 2.45) is 0 Å². The number of hydrogen-bond donors (Lipinski definition) is 1. The van der Waals surface area contributed by atoms with Crippen LogP contribution in [0.4, 0.5) is 0 Å². The molecule has 0 bridgehead atoms. The third kappa shape index (κ3) is 7.47. The Morgan fingerprint density at radius 1 is 1.64 bits per heavy atom. The molecule has 1 nitrogen and oxygen atoms in total. The first-order valence-electron chi connectivity index (χ1n) is 3.77. The van der Waals surface area contributed by atoms with Gasteiger partial charge in [0.25, 0.3) is 0 Å². The highest BCUT2D eigenvalue weighted by molar-refractivity contribution is 6.29. The Hall–Kier alpha value is -0.430. The standard InChI is InChI=1S/C9H16ClN/c1-7(2)5-9(10)6-11-8(3)4/h6,8,11H,1,5H2,2-4H3/b9-6+. The summed E-state index contributed by atoms with van der Waals surface area (Å²) in [6.07, 6.45) is 2.60. The minimum Gasteiger partial charge on any atom is -0.388 e. The number of rotatable bonds is 4. The number of hydrogen-bond acceptors (Lipinski definition) is 1. The van der Waals surface area contributed by atoms with Crippen LogP contribution < -0.4 is 5.32 Å². The van der Waals surface area contributed by atoms with Crippen LogP contribution >= 0.6 is 11.6 Å². The molecule has 1 N–H and O–H groups in total. The number of halogens is 1. The van der Waals surface area contributed by atoms with E-state index in [1.165, 1.54) is 0 Å². The average Bonchev–Trinajstić information content (AvgIpc) is 1.82. The van der Waals surface area contributed by atoms with Crippen LogP contribution in [0, 0.1) is 0 Å². The Morgan fingerprint density at radius 2 is 2.18 bits per heavy atom. The second-order valence-electron chi connectivity index (χ2n) is 3.05. The molecule has 0 atom stereocenters. The molecule has 0 aromatic rings. The lowest BCUT2D eigenvalue weighted by atomic mass is 10.2. The quantitative estimate of drug-likeness (QED) is 0.645. The molecule has 2 heteroatoms. The van der Waals surface area contributed by atoms with E-state index in [2.05, 4.69) is 25.7 Å². The molecule has 0 saturated carbocycles. The largest absolute Gasteiger partial charge is 0.388 e. The molecule has 0 aromatic carbocycles. The number of allylic oxidation sites excluding steroid dienone is 2. The summed E-state index contributed by atoms with van der Waals surface area (Å²) in [6.45, 7) is 9.87. The Morgan fingerprint density at radius 3 is 2.55 bits per heavy atom. The lowest BCUT2D eigenvalue weighted by Crippen LogP contribution is -2.15. The maximum absolute atomic E-state index is 5.86. The normalized spacial score (nSPS) is 11.9. The van der Waals surface area contributed by atoms with Crippen LogP contribution in [-0.4, -0.2) is 6.04 Å². The summed E-state index contributed by atoms with van der Waals surface area (Å²) in [5, 5.41) is 3.93. The molecule has 0 aliphatic carbocycles. The molecule has 0 rings (SSSR count). The Bertz CT molecular complexity index is 159. The van der Waals surface area contributed by atoms with Crippen molar-refractivity contribution < 1.29 is 0 Å². The highest BCUT2D eigenvalue weighted by atomic mass is 35.5. The maximum Gasteiger partial charge on any atom is 0.0377 e. The highest BCUT2D eigenvalue weighted by Gasteiger charge is 1.92. The van der Waals surface area contributed by atoms with Crippen LogP contribution in [-0.2, 0) is 0 Å². The van der Waals surface area contributed by atoms with E-state index in [1.807, 2.05) is 13.1 Å². The summed E-state index contributed by atoms with van der Waals surface area (Å²) in [7, 11) is 0. The van der Waals surface area contributed by atoms with E-state index in [0.29, 0.717) is 6.04 Å². The second kappa shape index (κ2) is 5.25. The summed E-state index contributed by atoms with van der Waals surface area (Å²) in [4.78, 5) is 0. The zero-order valence-electron chi connectivity index (χ0n) is 7.45. The van der Waals surface area contributed by atoms with E-state index in [4.69, 9.17) is 11.6 Å². The first-order valence-corrected chi connectivity index (χ1v) is 4.15. The van der Waals surface area contributed by atoms with Gasteiger partial charge in [-0.3, -0.25) is 0 Å². The predicted octanol–water partition coefficient (Wildman–Crippen LogP) is 3.03. The van der Waals surface area contributed by atoms with Crippen LogP contribution in [0.1, 0.15) is 27.2 Å². The predicted molar refractivity (Wildman–Crippen MR) is 51.6 cm³/mol. The van der Waals surface area contributed by atoms with Crippen molar-refractivity contribution in [2.45, 2.75) is 33.2 Å². The molecule has 0 unspecified atom stereocenters. The van der Waals surface area contributed by atoms with Crippen LogP contribution in [0.25, 0.3) is 0 Å². The second-order valence-corrected chi connectivity index (χ2v) is 3.53. The zero-order chi connectivity index (χ0) is 8.85. The Balaban J connectivity index is 3.72. The van der Waals surface area contributed by atoms with Gasteiger partial charge in [-0.15, -0.1) is 0 Å². The maximum atomic E-state index is 5.86. The van der Waals surface area contributed by atoms with Gasteiger partial charge in [-0.1, -0.05) is 23.8 Å². The van der Waals surface area contributed by atoms with Crippen molar-refractivity contribution in [3.8, 4) is 0 Å². The molecule has 64 valence electrons. The molecular formula is C9H16ClN. The Labute approximate surface area is 74.1 Å². The van der Waals surface area contributed by atoms with E-state index < -0.39 is 0 Å². The van der Waals surface area contributed by atoms with Crippen molar-refractivity contribution in [1.82, 2.24) is 5.32 Å². The smallest absolute Gasteiger partial charge is 0.0377 e. The SMILES string of the molecule is C=C(C)C/C(Cl)=C\NC(C)C. The molecule has 0 fully saturated rings. The van der Waals surface area contributed by atoms with Gasteiger partial charge in [-0.25, -0.2) is 0 Å². The zero-order valence-corrected chi connectivity index (χ0v) is 8.20. The van der Waals surface area contributed by atoms with E-state index in [1.54, 1.807) is 0 Å². The average molecular weight is 174 g/mol. The molecule has 11 heavy (non-hydrogen) atoms. The lowest BCUT2D eigenvalue weighted by molar-refractivity contribution is 0.699. The summed E-state index contributed by atoms with van der Waals surface area (Å²) < 4.78 is 0. The van der Waals surface area contributed by atoms with Gasteiger partial charge in [-0.05, 0) is 20.8 Å². The molecule has 0 saturated heterocycles. The van der Waals surface area contributed by atoms with Crippen molar-refractivity contribution in [1.29, 1.82) is 0 Å². The van der Waals surface area contributed by atoms with Crippen LogP contribution in [0.5, 0.6) is 0 Å². The molecule has 0 spiro atoms. The van der Waals surface area contributed by atoms with Gasteiger partial charge in [0, 0.05) is 23.7 Å². The fraction of sp³-hybridized carbons (Fsp3) is 0.556. The van der Waals surface area contributed by atoms with Crippen molar-refractivity contribution >= 4 is 11.6 Å². The van der Waals surface area contributed by atoms with Crippen molar-refractivity contribution in [3.05, 3.63) is 23.4 Å². The molecule has 0 aliphatic rings. The van der Waals surface area contributed by atoms with Gasteiger partial charge in [0.2, 0.25) is 0 Å². The minimum absolute atomic E-state index is 0.439. The minimum atomic E-state index is 0.439. The number of nitrogens with one attached hydrogen (secondary N) is 1. The molecule has 0 aromatic heterocycles. The Kier molecular flexibility index (Phi) is 5.05. The fourth-order valence-electron chi connectivity index (χ4n) is 0.596. The monoisotopic (exact) mass is 173 g/mol. The van der Waals surface area contributed by atoms with E-state index in [9.17, 15) is 0 Å². The molecule has 0 heterocycles. The first kappa shape index (κ1) is 10.6. The van der Waals surface area contributed by atoms with Crippen LogP contribution in [0.3, 0.4) is 0 Å². The lowest BCUT2D eigenvalue weighted by Gasteiger charge is -2.04. The van der Waals surface area contributed by atoms with Gasteiger partial charge in [0.15, 0.2) is 0 Å². The van der Waals surface area contributed by atoms with Crippen LogP contribution in [0.2, 0.25) is 0 Å². The van der Waals surface area contributed by atoms with Gasteiger partial charge >= 0.3 is 0 Å². The van der Waals surface area contributed by atoms with Gasteiger partial charge in [0.05, 0.1) is 0 Å². The summed E-state index contributed by atoms with van der Waals surface area (Å²) in [5.74, 6) is 0. The molecule has 0 amide bonds. The van der Waals surface area contributed by atoms with E-state index in [-0.39, 0.29) is 0 Å². The topological polar surface area (TPSA) is 12.0 Å². The van der Waals surface area contributed by atoms with Crippen molar-refractivity contribution in [2.75, 3.05) is 0 Å². The van der Waals surface area contributed by atoms with Gasteiger partial charge in [-0.2, -0.15) is 0 Å². The third-order valence-corrected chi connectivity index (χ3v) is 1.29. The molecule has 0 radical (unpaired) electrons. The van der Waals surface area contributed by atoms with Crippen molar-refractivity contribution in [3.63, 3.8) is 0 Å². The first-order chi connectivity index (χ1) is 5.02. The highest BCUT2D eigenvalue weighted by Crippen LogP contribution is 2.11. The molecule has 0 aliphatic heterocycles. The molecular weight excluding hydrogens is 158 g/mol. The van der Waals surface area contributed by atoms with E-state index >= 15 is 0 Å². The fourth-order valence-corrected chi connectivity index (χ4v) is 0.888. The van der Waals surface area contributed by atoms with Gasteiger partial charge in [0.1, 0.15) is 0 Å². The third-order valence-electron chi connectivity index (χ3n) is 1.04. The van der Waals surface area contributed by atoms with E-state index in [0.717, 1.165) is 17.0 Å². The van der Waals surface area contributed by atoms with Gasteiger partial charge < -0.3 is 5.32 Å².